The smallest absolute Gasteiger partial charge is 0.254 e. The van der Waals surface area contributed by atoms with Crippen LogP contribution in [0.3, 0.4) is 0 Å². The second-order valence-electron chi connectivity index (χ2n) is 10.3. The number of fused-ring (bicyclic) bond motifs is 7. The molecule has 4 unspecified atom stereocenters. The van der Waals surface area contributed by atoms with Gasteiger partial charge in [-0.05, 0) is 74.8 Å². The molecule has 1 aromatic heterocycles. The van der Waals surface area contributed by atoms with Gasteiger partial charge in [-0.15, -0.1) is 0 Å². The molecule has 4 atom stereocenters. The van der Waals surface area contributed by atoms with Gasteiger partial charge in [0, 0.05) is 55.4 Å². The van der Waals surface area contributed by atoms with Gasteiger partial charge in [0.05, 0.1) is 12.6 Å². The van der Waals surface area contributed by atoms with E-state index >= 15 is 0 Å². The fourth-order valence-corrected chi connectivity index (χ4v) is 7.08. The molecule has 0 N–H and O–H groups in total. The molecule has 4 heterocycles. The summed E-state index contributed by atoms with van der Waals surface area (Å²) in [6.45, 7) is 4.83. The summed E-state index contributed by atoms with van der Waals surface area (Å²) in [7, 11) is 1.73. The summed E-state index contributed by atoms with van der Waals surface area (Å²) in [4.78, 5) is 18.8. The summed E-state index contributed by atoms with van der Waals surface area (Å²) in [5.41, 5.74) is 3.56. The van der Waals surface area contributed by atoms with Crippen LogP contribution in [0.25, 0.3) is 10.9 Å². The normalized spacial score (nSPS) is 30.0. The van der Waals surface area contributed by atoms with Gasteiger partial charge in [0.1, 0.15) is 0 Å². The van der Waals surface area contributed by atoms with E-state index in [1.807, 2.05) is 6.07 Å². The number of nitrogens with zero attached hydrogens (tertiary/aromatic N) is 3. The molecule has 2 aromatic rings. The van der Waals surface area contributed by atoms with Gasteiger partial charge in [0.2, 0.25) is 0 Å². The third kappa shape index (κ3) is 3.41. The molecule has 1 aliphatic carbocycles. The SMILES string of the molecule is COCCn1ccc2cc(C(=O)N3CCCC4=CC5CC(CN6CCCCC56)C43)ccc21. The van der Waals surface area contributed by atoms with Crippen molar-refractivity contribution in [1.29, 1.82) is 0 Å². The molecule has 1 amide bonds. The van der Waals surface area contributed by atoms with Gasteiger partial charge < -0.3 is 14.2 Å². The Morgan fingerprint density at radius 1 is 1.16 bits per heavy atom. The molecule has 1 aromatic carbocycles. The maximum atomic E-state index is 13.8. The van der Waals surface area contributed by atoms with E-state index in [1.165, 1.54) is 50.7 Å². The van der Waals surface area contributed by atoms with Crippen LogP contribution in [0.2, 0.25) is 0 Å². The van der Waals surface area contributed by atoms with Crippen LogP contribution in [-0.2, 0) is 11.3 Å². The van der Waals surface area contributed by atoms with Crippen LogP contribution < -0.4 is 0 Å². The second-order valence-corrected chi connectivity index (χ2v) is 10.3. The molecule has 170 valence electrons. The Morgan fingerprint density at radius 3 is 3.00 bits per heavy atom. The highest BCUT2D eigenvalue weighted by molar-refractivity contribution is 5.98. The number of carbonyl (C=O) groups is 1. The average molecular weight is 434 g/mol. The van der Waals surface area contributed by atoms with Crippen molar-refractivity contribution in [3.05, 3.63) is 47.7 Å². The maximum Gasteiger partial charge on any atom is 0.254 e. The van der Waals surface area contributed by atoms with E-state index in [0.717, 1.165) is 36.5 Å². The number of aromatic nitrogens is 1. The molecule has 5 nitrogen and oxygen atoms in total. The number of piperidine rings is 3. The van der Waals surface area contributed by atoms with Gasteiger partial charge in [-0.2, -0.15) is 0 Å². The Kier molecular flexibility index (Phi) is 5.34. The number of likely N-dealkylation sites (tertiary alicyclic amines) is 1. The lowest BCUT2D eigenvalue weighted by atomic mass is 9.68. The molecule has 2 bridgehead atoms. The second kappa shape index (κ2) is 8.35. The number of ether oxygens (including phenoxy) is 1. The van der Waals surface area contributed by atoms with Gasteiger partial charge in [0.25, 0.3) is 5.91 Å². The van der Waals surface area contributed by atoms with Crippen molar-refractivity contribution >= 4 is 16.8 Å². The Labute approximate surface area is 191 Å². The van der Waals surface area contributed by atoms with E-state index in [4.69, 9.17) is 4.74 Å². The van der Waals surface area contributed by atoms with Crippen LogP contribution in [0.4, 0.5) is 0 Å². The third-order valence-corrected chi connectivity index (χ3v) is 8.47. The summed E-state index contributed by atoms with van der Waals surface area (Å²) >= 11 is 0. The minimum absolute atomic E-state index is 0.214. The standard InChI is InChI=1S/C27H35N3O2/c1-32-14-13-28-12-9-19-15-21(7-8-25(19)28)27(31)30-11-4-5-20-16-22-17-23(26(20)30)18-29-10-3-2-6-24(22)29/h7-9,12,15-16,22-24,26H,2-6,10-11,13-14,17-18H2,1H3. The van der Waals surface area contributed by atoms with Crippen LogP contribution in [0.5, 0.6) is 0 Å². The highest BCUT2D eigenvalue weighted by Crippen LogP contribution is 2.45. The minimum atomic E-state index is 0.214. The molecule has 3 saturated heterocycles. The van der Waals surface area contributed by atoms with Gasteiger partial charge in [-0.3, -0.25) is 9.69 Å². The topological polar surface area (TPSA) is 37.7 Å². The fraction of sp³-hybridized carbons (Fsp3) is 0.593. The van der Waals surface area contributed by atoms with E-state index in [-0.39, 0.29) is 5.91 Å². The average Bonchev–Trinajstić information content (AvgIpc) is 3.24. The summed E-state index contributed by atoms with van der Waals surface area (Å²) in [5, 5.41) is 1.14. The zero-order valence-corrected chi connectivity index (χ0v) is 19.2. The first-order valence-corrected chi connectivity index (χ1v) is 12.6. The quantitative estimate of drug-likeness (QED) is 0.674. The lowest BCUT2D eigenvalue weighted by Gasteiger charge is -2.54. The number of carbonyl (C=O) groups excluding carboxylic acids is 1. The number of hydrogen-bond acceptors (Lipinski definition) is 3. The summed E-state index contributed by atoms with van der Waals surface area (Å²) in [6.07, 6.45) is 12.3. The molecule has 32 heavy (non-hydrogen) atoms. The molecular formula is C27H35N3O2. The van der Waals surface area contributed by atoms with Crippen LogP contribution >= 0.6 is 0 Å². The molecule has 5 heteroatoms. The van der Waals surface area contributed by atoms with Crippen molar-refractivity contribution in [2.75, 3.05) is 33.4 Å². The van der Waals surface area contributed by atoms with E-state index in [1.54, 1.807) is 12.7 Å². The Balaban J connectivity index is 1.28. The zero-order chi connectivity index (χ0) is 21.7. The molecule has 4 aliphatic rings. The summed E-state index contributed by atoms with van der Waals surface area (Å²) in [6, 6.07) is 9.40. The molecular weight excluding hydrogens is 398 g/mol. The Hall–Kier alpha value is -2.11. The van der Waals surface area contributed by atoms with Crippen LogP contribution in [0, 0.1) is 11.8 Å². The zero-order valence-electron chi connectivity index (χ0n) is 19.2. The number of hydrogen-bond donors (Lipinski definition) is 0. The molecule has 3 aliphatic heterocycles. The van der Waals surface area contributed by atoms with Gasteiger partial charge in [-0.25, -0.2) is 0 Å². The van der Waals surface area contributed by atoms with Crippen molar-refractivity contribution in [2.24, 2.45) is 11.8 Å². The first kappa shape index (κ1) is 20.5. The highest BCUT2D eigenvalue weighted by Gasteiger charge is 2.46. The van der Waals surface area contributed by atoms with Crippen LogP contribution in [0.1, 0.15) is 48.9 Å². The monoisotopic (exact) mass is 433 g/mol. The van der Waals surface area contributed by atoms with Crippen LogP contribution in [0.15, 0.2) is 42.1 Å². The summed E-state index contributed by atoms with van der Waals surface area (Å²) < 4.78 is 7.43. The third-order valence-electron chi connectivity index (χ3n) is 8.47. The van der Waals surface area contributed by atoms with Crippen molar-refractivity contribution in [3.8, 4) is 0 Å². The largest absolute Gasteiger partial charge is 0.383 e. The fourth-order valence-electron chi connectivity index (χ4n) is 7.08. The predicted molar refractivity (Wildman–Crippen MR) is 127 cm³/mol. The molecule has 0 radical (unpaired) electrons. The highest BCUT2D eigenvalue weighted by atomic mass is 16.5. The van der Waals surface area contributed by atoms with E-state index in [9.17, 15) is 4.79 Å². The van der Waals surface area contributed by atoms with E-state index < -0.39 is 0 Å². The lowest BCUT2D eigenvalue weighted by molar-refractivity contribution is 0.00148. The maximum absolute atomic E-state index is 13.8. The molecule has 0 saturated carbocycles. The van der Waals surface area contributed by atoms with Crippen molar-refractivity contribution in [2.45, 2.75) is 57.2 Å². The minimum Gasteiger partial charge on any atom is -0.383 e. The van der Waals surface area contributed by atoms with Crippen molar-refractivity contribution in [3.63, 3.8) is 0 Å². The van der Waals surface area contributed by atoms with Gasteiger partial charge in [-0.1, -0.05) is 18.1 Å². The Bertz CT molecular complexity index is 1040. The number of benzene rings is 1. The molecule has 0 spiro atoms. The molecule has 6 rings (SSSR count). The van der Waals surface area contributed by atoms with E-state index in [2.05, 4.69) is 44.8 Å². The first-order valence-electron chi connectivity index (χ1n) is 12.6. The van der Waals surface area contributed by atoms with Gasteiger partial charge in [0.15, 0.2) is 0 Å². The van der Waals surface area contributed by atoms with E-state index in [0.29, 0.717) is 24.5 Å². The van der Waals surface area contributed by atoms with Crippen molar-refractivity contribution in [1.82, 2.24) is 14.4 Å². The molecule has 3 fully saturated rings. The number of amides is 1. The first-order chi connectivity index (χ1) is 15.7. The van der Waals surface area contributed by atoms with Crippen LogP contribution in [-0.4, -0.2) is 65.7 Å². The predicted octanol–water partition coefficient (Wildman–Crippen LogP) is 4.32. The lowest BCUT2D eigenvalue weighted by Crippen LogP contribution is -2.60. The summed E-state index contributed by atoms with van der Waals surface area (Å²) in [5.74, 6) is 1.52. The van der Waals surface area contributed by atoms with Crippen molar-refractivity contribution < 1.29 is 9.53 Å². The Morgan fingerprint density at radius 2 is 2.09 bits per heavy atom. The number of rotatable bonds is 4. The van der Waals surface area contributed by atoms with Gasteiger partial charge >= 0.3 is 0 Å². The number of methoxy groups -OCH3 is 1.